The Bertz CT molecular complexity index is 396. The van der Waals surface area contributed by atoms with E-state index in [1.807, 2.05) is 13.8 Å². The van der Waals surface area contributed by atoms with Gasteiger partial charge in [0.05, 0.1) is 12.1 Å². The van der Waals surface area contributed by atoms with Crippen molar-refractivity contribution in [1.82, 2.24) is 16.0 Å². The molecule has 100 valence electrons. The molecule has 0 aromatic carbocycles. The van der Waals surface area contributed by atoms with E-state index in [-0.39, 0.29) is 17.7 Å². The molecule has 2 saturated heterocycles. The van der Waals surface area contributed by atoms with E-state index in [2.05, 4.69) is 16.0 Å². The van der Waals surface area contributed by atoms with E-state index < -0.39 is 30.1 Å². The smallest absolute Gasteiger partial charge is 0.322 e. The van der Waals surface area contributed by atoms with E-state index in [4.69, 9.17) is 5.11 Å². The highest BCUT2D eigenvalue weighted by atomic mass is 16.4. The Morgan fingerprint density at radius 2 is 2.06 bits per heavy atom. The maximum absolute atomic E-state index is 11.9. The van der Waals surface area contributed by atoms with Crippen LogP contribution >= 0.6 is 0 Å². The number of hydrogen-bond acceptors (Lipinski definition) is 4. The van der Waals surface area contributed by atoms with E-state index in [0.717, 1.165) is 0 Å². The van der Waals surface area contributed by atoms with Crippen LogP contribution in [0, 0.1) is 17.8 Å². The van der Waals surface area contributed by atoms with Crippen LogP contribution in [-0.2, 0) is 9.59 Å². The van der Waals surface area contributed by atoms with Crippen LogP contribution in [0.2, 0.25) is 0 Å². The summed E-state index contributed by atoms with van der Waals surface area (Å²) in [6, 6.07) is -1.31. The number of piperidine rings is 1. The van der Waals surface area contributed by atoms with Gasteiger partial charge in [0, 0.05) is 0 Å². The molecule has 4 unspecified atom stereocenters. The van der Waals surface area contributed by atoms with Gasteiger partial charge < -0.3 is 10.4 Å². The molecule has 3 amide bonds. The predicted molar refractivity (Wildman–Crippen MR) is 61.5 cm³/mol. The van der Waals surface area contributed by atoms with Gasteiger partial charge in [0.15, 0.2) is 0 Å². The summed E-state index contributed by atoms with van der Waals surface area (Å²) in [5, 5.41) is 16.7. The minimum Gasteiger partial charge on any atom is -0.480 e. The predicted octanol–water partition coefficient (Wildman–Crippen LogP) is -0.513. The molecule has 2 heterocycles. The Labute approximate surface area is 104 Å². The molecule has 0 radical (unpaired) electrons. The molecule has 0 spiro atoms. The second kappa shape index (κ2) is 4.56. The lowest BCUT2D eigenvalue weighted by Crippen LogP contribution is -2.70. The van der Waals surface area contributed by atoms with Crippen LogP contribution in [0.5, 0.6) is 0 Å². The second-order valence-corrected chi connectivity index (χ2v) is 5.17. The van der Waals surface area contributed by atoms with Crippen LogP contribution in [0.1, 0.15) is 20.3 Å². The minimum absolute atomic E-state index is 0.0713. The van der Waals surface area contributed by atoms with Crippen molar-refractivity contribution in [3.05, 3.63) is 0 Å². The lowest BCUT2D eigenvalue weighted by molar-refractivity contribution is -0.145. The molecule has 0 aromatic heterocycles. The highest BCUT2D eigenvalue weighted by molar-refractivity contribution is 5.98. The third kappa shape index (κ3) is 2.17. The summed E-state index contributed by atoms with van der Waals surface area (Å²) in [7, 11) is 0. The summed E-state index contributed by atoms with van der Waals surface area (Å²) in [6.07, 6.45) is -0.217. The molecule has 18 heavy (non-hydrogen) atoms. The molecule has 7 heteroatoms. The van der Waals surface area contributed by atoms with Gasteiger partial charge in [-0.15, -0.1) is 0 Å². The molecule has 0 saturated carbocycles. The molecule has 2 aliphatic rings. The number of urea groups is 1. The van der Waals surface area contributed by atoms with Gasteiger partial charge in [-0.1, -0.05) is 13.8 Å². The van der Waals surface area contributed by atoms with Crippen molar-refractivity contribution in [3.8, 4) is 0 Å². The fraction of sp³-hybridized carbons (Fsp3) is 0.727. The van der Waals surface area contributed by atoms with Crippen molar-refractivity contribution in [3.63, 3.8) is 0 Å². The van der Waals surface area contributed by atoms with Crippen LogP contribution < -0.4 is 16.0 Å². The van der Waals surface area contributed by atoms with Gasteiger partial charge in [-0.25, -0.2) is 4.79 Å². The minimum atomic E-state index is -0.959. The molecule has 0 aromatic rings. The Hall–Kier alpha value is -1.63. The van der Waals surface area contributed by atoms with E-state index in [9.17, 15) is 14.4 Å². The third-order valence-corrected chi connectivity index (χ3v) is 3.69. The molecular weight excluding hydrogens is 238 g/mol. The van der Waals surface area contributed by atoms with Crippen LogP contribution in [0.15, 0.2) is 0 Å². The summed E-state index contributed by atoms with van der Waals surface area (Å²) in [5.74, 6) is -1.61. The molecule has 2 rings (SSSR count). The average Bonchev–Trinajstić information content (AvgIpc) is 2.26. The number of aliphatic carboxylic acids is 1. The molecule has 2 fully saturated rings. The summed E-state index contributed by atoms with van der Waals surface area (Å²) >= 11 is 0. The fourth-order valence-electron chi connectivity index (χ4n) is 2.76. The van der Waals surface area contributed by atoms with Gasteiger partial charge in [-0.3, -0.25) is 20.2 Å². The molecule has 2 aliphatic heterocycles. The number of amides is 3. The average molecular weight is 255 g/mol. The number of imide groups is 1. The van der Waals surface area contributed by atoms with Crippen LogP contribution in [0.4, 0.5) is 4.79 Å². The van der Waals surface area contributed by atoms with E-state index in [0.29, 0.717) is 6.42 Å². The van der Waals surface area contributed by atoms with Crippen molar-refractivity contribution in [2.24, 2.45) is 17.8 Å². The SMILES string of the molecule is CC(C)C1CC(C(=O)O)NC2NC(=O)NC(=O)C21. The van der Waals surface area contributed by atoms with Crippen molar-refractivity contribution >= 4 is 17.9 Å². The normalized spacial score (nSPS) is 35.7. The van der Waals surface area contributed by atoms with Crippen LogP contribution in [-0.4, -0.2) is 35.2 Å². The molecule has 4 N–H and O–H groups in total. The lowest BCUT2D eigenvalue weighted by atomic mass is 9.73. The highest BCUT2D eigenvalue weighted by Gasteiger charge is 2.47. The van der Waals surface area contributed by atoms with Crippen molar-refractivity contribution < 1.29 is 19.5 Å². The van der Waals surface area contributed by atoms with Crippen molar-refractivity contribution in [1.29, 1.82) is 0 Å². The summed E-state index contributed by atoms with van der Waals surface area (Å²) in [4.78, 5) is 34.2. The summed E-state index contributed by atoms with van der Waals surface area (Å²) in [5.41, 5.74) is 0. The topological polar surface area (TPSA) is 108 Å². The lowest BCUT2D eigenvalue weighted by Gasteiger charge is -2.44. The molecule has 4 atom stereocenters. The Morgan fingerprint density at radius 3 is 2.61 bits per heavy atom. The zero-order chi connectivity index (χ0) is 13.4. The molecule has 7 nitrogen and oxygen atoms in total. The maximum atomic E-state index is 11.9. The monoisotopic (exact) mass is 255 g/mol. The van der Waals surface area contributed by atoms with Gasteiger partial charge >= 0.3 is 12.0 Å². The Balaban J connectivity index is 2.26. The van der Waals surface area contributed by atoms with Gasteiger partial charge in [0.1, 0.15) is 6.04 Å². The zero-order valence-electron chi connectivity index (χ0n) is 10.3. The summed E-state index contributed by atoms with van der Waals surface area (Å²) < 4.78 is 0. The number of carboxylic acids is 1. The number of rotatable bonds is 2. The first kappa shape index (κ1) is 12.8. The van der Waals surface area contributed by atoms with Crippen molar-refractivity contribution in [2.75, 3.05) is 0 Å². The third-order valence-electron chi connectivity index (χ3n) is 3.69. The largest absolute Gasteiger partial charge is 0.480 e. The van der Waals surface area contributed by atoms with E-state index in [1.165, 1.54) is 0 Å². The number of carbonyl (C=O) groups excluding carboxylic acids is 2. The first-order chi connectivity index (χ1) is 8.40. The van der Waals surface area contributed by atoms with E-state index >= 15 is 0 Å². The zero-order valence-corrected chi connectivity index (χ0v) is 10.3. The Kier molecular flexibility index (Phi) is 3.25. The molecule has 0 bridgehead atoms. The van der Waals surface area contributed by atoms with Crippen molar-refractivity contribution in [2.45, 2.75) is 32.5 Å². The Morgan fingerprint density at radius 1 is 1.39 bits per heavy atom. The quantitative estimate of drug-likeness (QED) is 0.531. The van der Waals surface area contributed by atoms with Gasteiger partial charge in [-0.05, 0) is 18.3 Å². The number of hydrogen-bond donors (Lipinski definition) is 4. The summed E-state index contributed by atoms with van der Waals surface area (Å²) in [6.45, 7) is 3.91. The first-order valence-electron chi connectivity index (χ1n) is 6.00. The van der Waals surface area contributed by atoms with Crippen LogP contribution in [0.25, 0.3) is 0 Å². The second-order valence-electron chi connectivity index (χ2n) is 5.17. The maximum Gasteiger partial charge on any atom is 0.322 e. The fourth-order valence-corrected chi connectivity index (χ4v) is 2.76. The van der Waals surface area contributed by atoms with Gasteiger partial charge in [0.25, 0.3) is 0 Å². The number of carbonyl (C=O) groups is 3. The van der Waals surface area contributed by atoms with E-state index in [1.54, 1.807) is 0 Å². The number of fused-ring (bicyclic) bond motifs is 1. The van der Waals surface area contributed by atoms with Crippen LogP contribution in [0.3, 0.4) is 0 Å². The molecule has 0 aliphatic carbocycles. The number of carboxylic acid groups (broad SMARTS) is 1. The standard InChI is InChI=1S/C11H17N3O4/c1-4(2)5-3-6(10(16)17)12-8-7(5)9(15)14-11(18)13-8/h4-8,12H,3H2,1-2H3,(H,16,17)(H2,13,14,15,18). The highest BCUT2D eigenvalue weighted by Crippen LogP contribution is 2.33. The van der Waals surface area contributed by atoms with Gasteiger partial charge in [0.2, 0.25) is 5.91 Å². The molecular formula is C11H17N3O4. The first-order valence-corrected chi connectivity index (χ1v) is 6.00. The van der Waals surface area contributed by atoms with Gasteiger partial charge in [-0.2, -0.15) is 0 Å². The number of nitrogens with one attached hydrogen (secondary N) is 3.